The number of alkyl halides is 6. The average molecular weight is 1490 g/mol. The number of carbonyl (C=O) groups excluding carboxylic acids is 12. The highest BCUT2D eigenvalue weighted by Crippen LogP contribution is 2.38. The summed E-state index contributed by atoms with van der Waals surface area (Å²) in [6.45, 7) is 13.5. The number of fused-ring (bicyclic) bond motifs is 2. The van der Waals surface area contributed by atoms with E-state index in [9.17, 15) is 59.9 Å². The molecule has 4 heterocycles. The van der Waals surface area contributed by atoms with Gasteiger partial charge in [0, 0.05) is 67.3 Å². The molecule has 104 heavy (non-hydrogen) atoms. The lowest BCUT2D eigenvalue weighted by molar-refractivity contribution is -0.157. The van der Waals surface area contributed by atoms with Gasteiger partial charge in [0.1, 0.15) is 59.9 Å². The molecule has 1 aliphatic carbocycles. The summed E-state index contributed by atoms with van der Waals surface area (Å²) < 4.78 is 83.2. The Morgan fingerprint density at radius 3 is 1.80 bits per heavy atom. The van der Waals surface area contributed by atoms with Crippen LogP contribution in [0.4, 0.5) is 26.3 Å². The summed E-state index contributed by atoms with van der Waals surface area (Å²) in [4.78, 5) is 189. The van der Waals surface area contributed by atoms with Crippen LogP contribution in [0, 0.1) is 17.8 Å². The summed E-state index contributed by atoms with van der Waals surface area (Å²) in [5.41, 5.74) is -3.40. The van der Waals surface area contributed by atoms with E-state index < -0.39 is 191 Å². The zero-order valence-electron chi connectivity index (χ0n) is 61.6. The number of hydrogen-bond donors (Lipinski definition) is 4. The van der Waals surface area contributed by atoms with Crippen LogP contribution in [0.15, 0.2) is 42.5 Å². The number of benzene rings is 2. The second kappa shape index (κ2) is 35.4. The minimum atomic E-state index is -4.81. The maximum Gasteiger partial charge on any atom is 0.417 e. The molecule has 2 aromatic carbocycles. The van der Waals surface area contributed by atoms with Crippen LogP contribution in [-0.4, -0.2) is 237 Å². The Labute approximate surface area is 609 Å². The van der Waals surface area contributed by atoms with Crippen molar-refractivity contribution in [3.05, 3.63) is 69.7 Å². The largest absolute Gasteiger partial charge is 0.417 e. The number of likely N-dealkylation sites (N-methyl/N-ethyl adjacent to an activating group) is 5. The highest BCUT2D eigenvalue weighted by atomic mass is 35.5. The Morgan fingerprint density at radius 2 is 1.24 bits per heavy atom. The Balaban J connectivity index is 1.31. The fourth-order valence-electron chi connectivity index (χ4n) is 14.9. The highest BCUT2D eigenvalue weighted by Gasteiger charge is 2.52. The first-order valence-corrected chi connectivity index (χ1v) is 36.7. The number of hydrogen-bond acceptors (Lipinski definition) is 12. The summed E-state index contributed by atoms with van der Waals surface area (Å²) in [5, 5.41) is 10.6. The van der Waals surface area contributed by atoms with Gasteiger partial charge in [0.15, 0.2) is 0 Å². The van der Waals surface area contributed by atoms with Gasteiger partial charge in [0.25, 0.3) is 0 Å². The maximum atomic E-state index is 15.5. The molecule has 0 unspecified atom stereocenters. The summed E-state index contributed by atoms with van der Waals surface area (Å²) in [7, 11) is 5.26. The molecule has 24 nitrogen and oxygen atoms in total. The quantitative estimate of drug-likeness (QED) is 0.159. The van der Waals surface area contributed by atoms with Gasteiger partial charge >= 0.3 is 12.4 Å². The predicted molar refractivity (Wildman–Crippen MR) is 373 cm³/mol. The van der Waals surface area contributed by atoms with Crippen LogP contribution >= 0.6 is 11.6 Å². The molecule has 576 valence electrons. The van der Waals surface area contributed by atoms with Crippen molar-refractivity contribution in [1.82, 2.24) is 60.5 Å². The lowest BCUT2D eigenvalue weighted by Gasteiger charge is -2.44. The minimum Gasteiger partial charge on any atom is -0.343 e. The molecule has 4 N–H and O–H groups in total. The maximum absolute atomic E-state index is 15.5. The standard InChI is InChI=1S/C73H103ClF6N12O12/c1-13-43(6)59-63(97)81-45(8)64(98)92-36-30-53(92)67(101)86(10)55(39-47-22-26-48(27-23-47)72(75,76)77)66(100)85(9)41-57(93)82-51(29-25-46-24-28-49(50(74)38-46)73(78,79)80)65(99)91-35-20-21-52(91)62(96)84-71(31-16-17-32-71)70(104)88(12)60(44(7)14-2)69(103)87(11)56(68(102)89-33-18-19-34-89)40-58(94)90(15-3)54(37-42(4)5)61(95)83-59/h22-24,26-28,38,42-45,51-56,59-60H,13-21,25,29-37,39-41H2,1-12H3,(H,81,97)(H,82,93)(H,83,95)(H,84,96)/t43-,44-,45-,51-,52-,53-,54-,55-,56-,59-,60-/m0/s1. The van der Waals surface area contributed by atoms with E-state index in [-0.39, 0.29) is 88.0 Å². The van der Waals surface area contributed by atoms with Crippen LogP contribution in [-0.2, 0) is 82.7 Å². The zero-order valence-corrected chi connectivity index (χ0v) is 62.4. The van der Waals surface area contributed by atoms with E-state index in [4.69, 9.17) is 11.6 Å². The molecule has 1 spiro atoms. The predicted octanol–water partition coefficient (Wildman–Crippen LogP) is 6.37. The number of nitrogens with zero attached hydrogens (tertiary/aromatic N) is 8. The summed E-state index contributed by atoms with van der Waals surface area (Å²) in [5.74, 6) is -10.4. The van der Waals surface area contributed by atoms with Crippen molar-refractivity contribution in [1.29, 1.82) is 0 Å². The van der Waals surface area contributed by atoms with Gasteiger partial charge in [-0.25, -0.2) is 0 Å². The fourth-order valence-corrected chi connectivity index (χ4v) is 15.2. The second-order valence-corrected chi connectivity index (χ2v) is 29.6. The van der Waals surface area contributed by atoms with Gasteiger partial charge in [-0.2, -0.15) is 26.3 Å². The van der Waals surface area contributed by atoms with Crippen molar-refractivity contribution in [2.75, 3.05) is 67.5 Å². The topological polar surface area (TPSA) is 279 Å². The number of carbonyl (C=O) groups is 12. The molecular weight excluding hydrogens is 1390 g/mol. The number of aryl methyl sites for hydroxylation is 1. The molecule has 4 aliphatic heterocycles. The van der Waals surface area contributed by atoms with Crippen LogP contribution in [0.2, 0.25) is 5.02 Å². The molecule has 7 rings (SSSR count). The summed E-state index contributed by atoms with van der Waals surface area (Å²) in [6, 6.07) is -5.47. The number of likely N-dealkylation sites (tertiary alicyclic amines) is 1. The van der Waals surface area contributed by atoms with E-state index in [1.165, 1.54) is 59.6 Å². The van der Waals surface area contributed by atoms with Crippen molar-refractivity contribution in [3.8, 4) is 0 Å². The van der Waals surface area contributed by atoms with Gasteiger partial charge in [-0.1, -0.05) is 97.0 Å². The van der Waals surface area contributed by atoms with Crippen molar-refractivity contribution < 1.29 is 83.9 Å². The Bertz CT molecular complexity index is 3480. The van der Waals surface area contributed by atoms with E-state index in [1.807, 2.05) is 20.8 Å². The van der Waals surface area contributed by atoms with Crippen LogP contribution in [0.5, 0.6) is 0 Å². The lowest BCUT2D eigenvalue weighted by Crippen LogP contribution is -2.65. The molecule has 11 atom stereocenters. The first kappa shape index (κ1) is 83.2. The Hall–Kier alpha value is -8.05. The van der Waals surface area contributed by atoms with E-state index >= 15 is 24.0 Å². The lowest BCUT2D eigenvalue weighted by atomic mass is 9.90. The molecule has 5 aliphatic rings. The average Bonchev–Trinajstić information content (AvgIpc) is 1.28. The van der Waals surface area contributed by atoms with Crippen molar-refractivity contribution in [2.45, 2.75) is 230 Å². The number of halogens is 7. The smallest absolute Gasteiger partial charge is 0.343 e. The molecule has 0 bridgehead atoms. The van der Waals surface area contributed by atoms with E-state index in [2.05, 4.69) is 21.3 Å². The van der Waals surface area contributed by atoms with E-state index in [0.29, 0.717) is 51.6 Å². The summed E-state index contributed by atoms with van der Waals surface area (Å²) in [6.07, 6.45) is -7.47. The molecule has 12 amide bonds. The van der Waals surface area contributed by atoms with Gasteiger partial charge in [-0.05, 0) is 131 Å². The first-order valence-electron chi connectivity index (χ1n) is 36.3. The third-order valence-electron chi connectivity index (χ3n) is 21.5. The van der Waals surface area contributed by atoms with Crippen molar-refractivity contribution in [2.24, 2.45) is 17.8 Å². The van der Waals surface area contributed by atoms with E-state index in [0.717, 1.165) is 52.3 Å². The van der Waals surface area contributed by atoms with Crippen LogP contribution in [0.1, 0.15) is 168 Å². The monoisotopic (exact) mass is 1490 g/mol. The minimum absolute atomic E-state index is 0.00317. The third-order valence-corrected chi connectivity index (χ3v) is 21.8. The molecule has 1 saturated carbocycles. The molecule has 2 aromatic rings. The van der Waals surface area contributed by atoms with E-state index in [1.54, 1.807) is 32.6 Å². The van der Waals surface area contributed by atoms with Gasteiger partial charge in [-0.3, -0.25) is 57.5 Å². The van der Waals surface area contributed by atoms with Crippen LogP contribution in [0.3, 0.4) is 0 Å². The highest BCUT2D eigenvalue weighted by molar-refractivity contribution is 6.31. The normalized spacial score (nSPS) is 26.3. The molecular formula is C73H103ClF6N12O12. The zero-order chi connectivity index (χ0) is 77.2. The van der Waals surface area contributed by atoms with Gasteiger partial charge < -0.3 is 60.5 Å². The van der Waals surface area contributed by atoms with Crippen molar-refractivity contribution in [3.63, 3.8) is 0 Å². The second-order valence-electron chi connectivity index (χ2n) is 29.2. The Morgan fingerprint density at radius 1 is 0.625 bits per heavy atom. The van der Waals surface area contributed by atoms with Crippen molar-refractivity contribution >= 4 is 82.5 Å². The molecule has 31 heteroatoms. The van der Waals surface area contributed by atoms with Crippen LogP contribution in [0.25, 0.3) is 0 Å². The number of amides is 12. The fraction of sp³-hybridized carbons (Fsp3) is 0.671. The van der Waals surface area contributed by atoms with Crippen LogP contribution < -0.4 is 21.3 Å². The molecule has 4 saturated heterocycles. The number of nitrogens with one attached hydrogen (secondary N) is 4. The molecule has 5 fully saturated rings. The first-order chi connectivity index (χ1) is 48.8. The molecule has 0 radical (unpaired) electrons. The van der Waals surface area contributed by atoms with Gasteiger partial charge in [0.2, 0.25) is 70.9 Å². The van der Waals surface area contributed by atoms with Gasteiger partial charge in [0.05, 0.1) is 29.1 Å². The van der Waals surface area contributed by atoms with Gasteiger partial charge in [-0.15, -0.1) is 0 Å². The third kappa shape index (κ3) is 19.5. The summed E-state index contributed by atoms with van der Waals surface area (Å²) >= 11 is 6.13. The SMILES string of the molecule is CC[C@H](C)[C@@H]1NC(=O)[C@H](CC(C)C)N(CC)C(=O)C[C@@H](C(=O)N2CCCC2)N(C)C(=O)[C@H]([C@@H](C)CC)N(C)C(=O)C2(CCCC2)NC(=O)[C@@H]2CCCN2C(=O)[C@H](CCc2ccc(C(F)(F)F)c(Cl)c2)NC(=O)CN(C)C(=O)[C@H](Cc2ccc(C(F)(F)F)cc2)N(C)C(=O)[C@@H]2CCN2C(=O)[C@H](C)NC1=O. The molecule has 0 aromatic heterocycles. The Kier molecular flexibility index (Phi) is 28.3. The number of rotatable bonds is 13.